The number of hydrogen-bond donors (Lipinski definition) is 2. The van der Waals surface area contributed by atoms with Crippen molar-refractivity contribution in [3.8, 4) is 0 Å². The molecule has 0 aliphatic rings. The van der Waals surface area contributed by atoms with E-state index in [4.69, 9.17) is 5.73 Å². The monoisotopic (exact) mass is 253 g/mol. The molecule has 0 saturated carbocycles. The number of carbonyl (C=O) groups excluding carboxylic acids is 1. The number of nitrogens with one attached hydrogen (secondary N) is 1. The van der Waals surface area contributed by atoms with Gasteiger partial charge in [-0.2, -0.15) is 0 Å². The van der Waals surface area contributed by atoms with Gasteiger partial charge in [0.05, 0.1) is 0 Å². The minimum Gasteiger partial charge on any atom is -0.369 e. The van der Waals surface area contributed by atoms with E-state index in [1.165, 1.54) is 12.1 Å². The van der Waals surface area contributed by atoms with Crippen molar-refractivity contribution in [2.75, 3.05) is 25.0 Å². The van der Waals surface area contributed by atoms with Crippen LogP contribution in [0.1, 0.15) is 13.8 Å². The van der Waals surface area contributed by atoms with Crippen LogP contribution in [-0.4, -0.2) is 31.6 Å². The summed E-state index contributed by atoms with van der Waals surface area (Å²) in [7, 11) is 1.68. The van der Waals surface area contributed by atoms with Crippen LogP contribution in [-0.2, 0) is 4.79 Å². The standard InChI is InChI=1S/C13H20FN3O/c1-4-17(9-13(2,16-3)12(15)18)11-7-5-6-10(14)8-11/h5-8,16H,4,9H2,1-3H3,(H2,15,18). The third kappa shape index (κ3) is 3.20. The van der Waals surface area contributed by atoms with Gasteiger partial charge in [0.25, 0.3) is 0 Å². The van der Waals surface area contributed by atoms with E-state index in [0.717, 1.165) is 5.69 Å². The molecule has 1 aromatic rings. The number of amides is 1. The Kier molecular flexibility index (Phi) is 4.67. The van der Waals surface area contributed by atoms with Gasteiger partial charge in [-0.15, -0.1) is 0 Å². The maximum Gasteiger partial charge on any atom is 0.239 e. The van der Waals surface area contributed by atoms with Crippen LogP contribution < -0.4 is 16.0 Å². The molecule has 0 bridgehead atoms. The van der Waals surface area contributed by atoms with Crippen molar-refractivity contribution in [2.45, 2.75) is 19.4 Å². The molecule has 18 heavy (non-hydrogen) atoms. The van der Waals surface area contributed by atoms with E-state index in [9.17, 15) is 9.18 Å². The van der Waals surface area contributed by atoms with Gasteiger partial charge >= 0.3 is 0 Å². The van der Waals surface area contributed by atoms with E-state index < -0.39 is 11.4 Å². The number of hydrogen-bond acceptors (Lipinski definition) is 3. The number of likely N-dealkylation sites (N-methyl/N-ethyl adjacent to an activating group) is 2. The van der Waals surface area contributed by atoms with Gasteiger partial charge in [-0.05, 0) is 39.1 Å². The number of carbonyl (C=O) groups is 1. The molecule has 0 saturated heterocycles. The van der Waals surface area contributed by atoms with Crippen LogP contribution in [0, 0.1) is 5.82 Å². The highest BCUT2D eigenvalue weighted by molar-refractivity contribution is 5.85. The summed E-state index contributed by atoms with van der Waals surface area (Å²) in [6.07, 6.45) is 0. The first-order chi connectivity index (χ1) is 8.42. The van der Waals surface area contributed by atoms with Gasteiger partial charge in [-0.25, -0.2) is 4.39 Å². The van der Waals surface area contributed by atoms with Gasteiger partial charge in [-0.1, -0.05) is 6.07 Å². The third-order valence-electron chi connectivity index (χ3n) is 3.16. The highest BCUT2D eigenvalue weighted by Crippen LogP contribution is 2.18. The van der Waals surface area contributed by atoms with Crippen molar-refractivity contribution in [1.82, 2.24) is 5.32 Å². The number of halogens is 1. The fraction of sp³-hybridized carbons (Fsp3) is 0.462. The summed E-state index contributed by atoms with van der Waals surface area (Å²) in [5, 5.41) is 2.92. The fourth-order valence-corrected chi connectivity index (χ4v) is 1.72. The van der Waals surface area contributed by atoms with Crippen molar-refractivity contribution >= 4 is 11.6 Å². The molecule has 5 heteroatoms. The Labute approximate surface area is 107 Å². The second-order valence-corrected chi connectivity index (χ2v) is 4.44. The second kappa shape index (κ2) is 5.82. The smallest absolute Gasteiger partial charge is 0.239 e. The zero-order valence-corrected chi connectivity index (χ0v) is 11.0. The summed E-state index contributed by atoms with van der Waals surface area (Å²) < 4.78 is 13.2. The van der Waals surface area contributed by atoms with E-state index in [1.54, 1.807) is 20.0 Å². The molecule has 1 atom stereocenters. The first-order valence-electron chi connectivity index (χ1n) is 5.92. The number of anilines is 1. The predicted molar refractivity (Wildman–Crippen MR) is 70.9 cm³/mol. The summed E-state index contributed by atoms with van der Waals surface area (Å²) in [5.74, 6) is -0.726. The lowest BCUT2D eigenvalue weighted by atomic mass is 10.0. The Hall–Kier alpha value is -1.62. The molecule has 4 nitrogen and oxygen atoms in total. The van der Waals surface area contributed by atoms with Crippen molar-refractivity contribution in [2.24, 2.45) is 5.73 Å². The summed E-state index contributed by atoms with van der Waals surface area (Å²) >= 11 is 0. The Morgan fingerprint density at radius 2 is 2.22 bits per heavy atom. The van der Waals surface area contributed by atoms with Gasteiger partial charge < -0.3 is 16.0 Å². The minimum atomic E-state index is -0.845. The molecule has 0 aliphatic heterocycles. The van der Waals surface area contributed by atoms with E-state index in [0.29, 0.717) is 13.1 Å². The normalized spacial score (nSPS) is 14.0. The van der Waals surface area contributed by atoms with Crippen molar-refractivity contribution in [1.29, 1.82) is 0 Å². The average Bonchev–Trinajstić information content (AvgIpc) is 2.35. The number of primary amides is 1. The molecule has 1 unspecified atom stereocenters. The summed E-state index contributed by atoms with van der Waals surface area (Å²) in [4.78, 5) is 13.4. The lowest BCUT2D eigenvalue weighted by Gasteiger charge is -2.33. The van der Waals surface area contributed by atoms with Crippen LogP contribution in [0.25, 0.3) is 0 Å². The molecule has 0 aliphatic carbocycles. The van der Waals surface area contributed by atoms with Gasteiger partial charge in [0.2, 0.25) is 5.91 Å². The van der Waals surface area contributed by atoms with Crippen LogP contribution in [0.15, 0.2) is 24.3 Å². The maximum absolute atomic E-state index is 13.2. The van der Waals surface area contributed by atoms with Crippen molar-refractivity contribution in [3.05, 3.63) is 30.1 Å². The van der Waals surface area contributed by atoms with Crippen LogP contribution in [0.2, 0.25) is 0 Å². The van der Waals surface area contributed by atoms with E-state index in [2.05, 4.69) is 5.32 Å². The topological polar surface area (TPSA) is 58.4 Å². The Morgan fingerprint density at radius 3 is 2.67 bits per heavy atom. The zero-order chi connectivity index (χ0) is 13.8. The first kappa shape index (κ1) is 14.4. The molecule has 100 valence electrons. The quantitative estimate of drug-likeness (QED) is 0.798. The second-order valence-electron chi connectivity index (χ2n) is 4.44. The molecule has 3 N–H and O–H groups in total. The van der Waals surface area contributed by atoms with Gasteiger partial charge in [0, 0.05) is 18.8 Å². The number of rotatable bonds is 6. The fourth-order valence-electron chi connectivity index (χ4n) is 1.72. The SMILES string of the molecule is CCN(CC(C)(NC)C(N)=O)c1cccc(F)c1. The molecular formula is C13H20FN3O. The molecule has 0 heterocycles. The van der Waals surface area contributed by atoms with Gasteiger partial charge in [0.15, 0.2) is 0 Å². The van der Waals surface area contributed by atoms with Crippen LogP contribution in [0.5, 0.6) is 0 Å². The van der Waals surface area contributed by atoms with Gasteiger partial charge in [-0.3, -0.25) is 4.79 Å². The van der Waals surface area contributed by atoms with Crippen LogP contribution in [0.3, 0.4) is 0 Å². The Balaban J connectivity index is 2.94. The molecule has 0 fully saturated rings. The lowest BCUT2D eigenvalue weighted by molar-refractivity contribution is -0.123. The van der Waals surface area contributed by atoms with E-state index >= 15 is 0 Å². The molecule has 1 aromatic carbocycles. The largest absolute Gasteiger partial charge is 0.369 e. The van der Waals surface area contributed by atoms with E-state index in [-0.39, 0.29) is 5.82 Å². The van der Waals surface area contributed by atoms with Crippen molar-refractivity contribution in [3.63, 3.8) is 0 Å². The van der Waals surface area contributed by atoms with Gasteiger partial charge in [0.1, 0.15) is 11.4 Å². The summed E-state index contributed by atoms with van der Waals surface area (Å²) in [6.45, 7) is 4.73. The summed E-state index contributed by atoms with van der Waals surface area (Å²) in [6, 6.07) is 6.29. The molecule has 0 aromatic heterocycles. The maximum atomic E-state index is 13.2. The molecule has 0 spiro atoms. The first-order valence-corrected chi connectivity index (χ1v) is 5.92. The van der Waals surface area contributed by atoms with Crippen LogP contribution >= 0.6 is 0 Å². The number of benzene rings is 1. The van der Waals surface area contributed by atoms with E-state index in [1.807, 2.05) is 17.9 Å². The molecule has 0 radical (unpaired) electrons. The Morgan fingerprint density at radius 1 is 1.56 bits per heavy atom. The summed E-state index contributed by atoms with van der Waals surface area (Å²) in [5.41, 5.74) is 5.28. The minimum absolute atomic E-state index is 0.295. The van der Waals surface area contributed by atoms with Crippen molar-refractivity contribution < 1.29 is 9.18 Å². The molecular weight excluding hydrogens is 233 g/mol. The lowest BCUT2D eigenvalue weighted by Crippen LogP contribution is -2.58. The van der Waals surface area contributed by atoms with Crippen LogP contribution in [0.4, 0.5) is 10.1 Å². The zero-order valence-electron chi connectivity index (χ0n) is 11.0. The third-order valence-corrected chi connectivity index (χ3v) is 3.16. The highest BCUT2D eigenvalue weighted by Gasteiger charge is 2.31. The number of nitrogens with two attached hydrogens (primary N) is 1. The Bertz CT molecular complexity index is 424. The predicted octanol–water partition coefficient (Wildman–Crippen LogP) is 1.12. The average molecular weight is 253 g/mol. The number of nitrogens with zero attached hydrogens (tertiary/aromatic N) is 1. The molecule has 1 amide bonds. The highest BCUT2D eigenvalue weighted by atomic mass is 19.1. The molecule has 1 rings (SSSR count).